The van der Waals surface area contributed by atoms with Crippen molar-refractivity contribution in [1.29, 1.82) is 0 Å². The Kier molecular flexibility index (Phi) is 5.86. The van der Waals surface area contributed by atoms with Crippen molar-refractivity contribution in [3.63, 3.8) is 0 Å². The maximum absolute atomic E-state index is 13.6. The van der Waals surface area contributed by atoms with Crippen molar-refractivity contribution >= 4 is 49.3 Å². The number of nitrogens with zero attached hydrogens (tertiary/aromatic N) is 3. The van der Waals surface area contributed by atoms with E-state index >= 15 is 0 Å². The molecule has 34 heavy (non-hydrogen) atoms. The monoisotopic (exact) mass is 501 g/mol. The fourth-order valence-electron chi connectivity index (χ4n) is 3.94. The van der Waals surface area contributed by atoms with Gasteiger partial charge in [0.05, 0.1) is 12.1 Å². The number of aromatic amines is 1. The summed E-state index contributed by atoms with van der Waals surface area (Å²) in [5.74, 6) is -0.571. The zero-order chi connectivity index (χ0) is 23.9. The number of amides is 1. The molecule has 0 unspecified atom stereocenters. The fourth-order valence-corrected chi connectivity index (χ4v) is 5.90. The lowest BCUT2D eigenvalue weighted by molar-refractivity contribution is -0.0257. The number of nitrogens with two attached hydrogens (primary N) is 1. The van der Waals surface area contributed by atoms with E-state index in [0.717, 1.165) is 10.9 Å². The first-order chi connectivity index (χ1) is 16.3. The van der Waals surface area contributed by atoms with Crippen molar-refractivity contribution in [2.24, 2.45) is 5.73 Å². The SMILES string of the molecule is NC(=O)c1[nH]c2ccc(Cl)cc2c1S(=O)(=O)N1CCO[C@H](COc2cc3ccccc3nn2)C1. The molecule has 1 amide bonds. The van der Waals surface area contributed by atoms with Gasteiger partial charge in [-0.15, -0.1) is 10.2 Å². The lowest BCUT2D eigenvalue weighted by atomic mass is 10.2. The molecule has 1 aliphatic rings. The third kappa shape index (κ3) is 4.18. The maximum atomic E-state index is 13.6. The highest BCUT2D eigenvalue weighted by Gasteiger charge is 2.36. The second-order valence-electron chi connectivity index (χ2n) is 7.79. The molecule has 4 aromatic rings. The van der Waals surface area contributed by atoms with Gasteiger partial charge in [0.2, 0.25) is 15.9 Å². The average molecular weight is 502 g/mol. The van der Waals surface area contributed by atoms with Gasteiger partial charge in [0, 0.05) is 40.5 Å². The number of sulfonamides is 1. The van der Waals surface area contributed by atoms with E-state index in [0.29, 0.717) is 21.8 Å². The molecule has 5 rings (SSSR count). The Bertz CT molecular complexity index is 1510. The highest BCUT2D eigenvalue weighted by Crippen LogP contribution is 2.32. The van der Waals surface area contributed by atoms with Gasteiger partial charge in [0.25, 0.3) is 5.91 Å². The Hall–Kier alpha value is -3.25. The number of carbonyl (C=O) groups excluding carboxylic acids is 1. The number of hydrogen-bond acceptors (Lipinski definition) is 7. The van der Waals surface area contributed by atoms with Crippen LogP contribution in [-0.2, 0) is 14.8 Å². The minimum absolute atomic E-state index is 0.0226. The van der Waals surface area contributed by atoms with Crippen LogP contribution in [0.5, 0.6) is 5.88 Å². The molecule has 2 aromatic heterocycles. The molecule has 1 fully saturated rings. The minimum Gasteiger partial charge on any atom is -0.474 e. The number of morpholine rings is 1. The third-order valence-electron chi connectivity index (χ3n) is 5.55. The highest BCUT2D eigenvalue weighted by atomic mass is 35.5. The summed E-state index contributed by atoms with van der Waals surface area (Å²) in [5.41, 5.74) is 6.47. The van der Waals surface area contributed by atoms with Crippen molar-refractivity contribution in [3.8, 4) is 5.88 Å². The second-order valence-corrected chi connectivity index (χ2v) is 10.1. The van der Waals surface area contributed by atoms with Crippen LogP contribution in [0.15, 0.2) is 53.4 Å². The molecule has 1 atom stereocenters. The summed E-state index contributed by atoms with van der Waals surface area (Å²) in [6.07, 6.45) is -0.553. The van der Waals surface area contributed by atoms with E-state index in [-0.39, 0.29) is 36.9 Å². The molecule has 2 aromatic carbocycles. The molecule has 10 nitrogen and oxygen atoms in total. The van der Waals surface area contributed by atoms with E-state index < -0.39 is 22.0 Å². The van der Waals surface area contributed by atoms with E-state index in [4.69, 9.17) is 26.8 Å². The Balaban J connectivity index is 1.38. The van der Waals surface area contributed by atoms with Gasteiger partial charge >= 0.3 is 0 Å². The van der Waals surface area contributed by atoms with Crippen molar-refractivity contribution in [1.82, 2.24) is 19.5 Å². The summed E-state index contributed by atoms with van der Waals surface area (Å²) >= 11 is 6.09. The summed E-state index contributed by atoms with van der Waals surface area (Å²) in [7, 11) is -4.10. The predicted octanol–water partition coefficient (Wildman–Crippen LogP) is 2.33. The second kappa shape index (κ2) is 8.84. The molecule has 3 N–H and O–H groups in total. The number of primary amides is 1. The van der Waals surface area contributed by atoms with Crippen LogP contribution in [-0.4, -0.2) is 66.2 Å². The topological polar surface area (TPSA) is 140 Å². The van der Waals surface area contributed by atoms with Crippen LogP contribution in [0.2, 0.25) is 5.02 Å². The first-order valence-electron chi connectivity index (χ1n) is 10.4. The van der Waals surface area contributed by atoms with Gasteiger partial charge in [0.15, 0.2) is 0 Å². The number of fused-ring (bicyclic) bond motifs is 2. The lowest BCUT2D eigenvalue weighted by Gasteiger charge is -2.32. The molecule has 0 spiro atoms. The van der Waals surface area contributed by atoms with Crippen LogP contribution in [0.25, 0.3) is 21.8 Å². The quantitative estimate of drug-likeness (QED) is 0.413. The molecular weight excluding hydrogens is 482 g/mol. The molecule has 0 radical (unpaired) electrons. The minimum atomic E-state index is -4.10. The van der Waals surface area contributed by atoms with Crippen molar-refractivity contribution in [3.05, 3.63) is 59.2 Å². The smallest absolute Gasteiger partial charge is 0.266 e. The number of rotatable bonds is 6. The van der Waals surface area contributed by atoms with E-state index in [2.05, 4.69) is 15.2 Å². The summed E-state index contributed by atoms with van der Waals surface area (Å²) in [6.45, 7) is 0.363. The van der Waals surface area contributed by atoms with Crippen LogP contribution in [0.1, 0.15) is 10.5 Å². The first-order valence-corrected chi connectivity index (χ1v) is 12.2. The number of aromatic nitrogens is 3. The number of benzene rings is 2. The molecule has 1 saturated heterocycles. The van der Waals surface area contributed by atoms with E-state index in [1.165, 1.54) is 10.4 Å². The summed E-state index contributed by atoms with van der Waals surface area (Å²) < 4.78 is 39.9. The van der Waals surface area contributed by atoms with Crippen molar-refractivity contribution in [2.75, 3.05) is 26.3 Å². The molecule has 0 aliphatic carbocycles. The first kappa shape index (κ1) is 22.5. The van der Waals surface area contributed by atoms with Crippen molar-refractivity contribution < 1.29 is 22.7 Å². The number of carbonyl (C=O) groups is 1. The Morgan fingerprint density at radius 3 is 2.88 bits per heavy atom. The molecule has 3 heterocycles. The van der Waals surface area contributed by atoms with Crippen molar-refractivity contribution in [2.45, 2.75) is 11.0 Å². The van der Waals surface area contributed by atoms with Gasteiger partial charge in [-0.25, -0.2) is 8.42 Å². The van der Waals surface area contributed by atoms with Crippen LogP contribution >= 0.6 is 11.6 Å². The molecule has 176 valence electrons. The Labute approximate surface area is 199 Å². The molecular formula is C22H20ClN5O5S. The largest absolute Gasteiger partial charge is 0.474 e. The van der Waals surface area contributed by atoms with Gasteiger partial charge in [-0.1, -0.05) is 29.8 Å². The van der Waals surface area contributed by atoms with Crippen LogP contribution in [0, 0.1) is 0 Å². The van der Waals surface area contributed by atoms with E-state index in [1.54, 1.807) is 18.2 Å². The third-order valence-corrected chi connectivity index (χ3v) is 7.73. The molecule has 12 heteroatoms. The molecule has 1 aliphatic heterocycles. The Morgan fingerprint density at radius 1 is 1.24 bits per heavy atom. The average Bonchev–Trinajstić information content (AvgIpc) is 3.23. The van der Waals surface area contributed by atoms with Gasteiger partial charge in [-0.05, 0) is 24.3 Å². The predicted molar refractivity (Wildman–Crippen MR) is 125 cm³/mol. The molecule has 0 saturated carbocycles. The number of ether oxygens (including phenoxy) is 2. The Morgan fingerprint density at radius 2 is 2.06 bits per heavy atom. The highest BCUT2D eigenvalue weighted by molar-refractivity contribution is 7.89. The summed E-state index contributed by atoms with van der Waals surface area (Å²) in [4.78, 5) is 14.6. The van der Waals surface area contributed by atoms with Gasteiger partial charge in [-0.2, -0.15) is 4.31 Å². The van der Waals surface area contributed by atoms with Gasteiger partial charge < -0.3 is 20.2 Å². The number of nitrogens with one attached hydrogen (secondary N) is 1. The zero-order valence-corrected chi connectivity index (χ0v) is 19.3. The van der Waals surface area contributed by atoms with Crippen LogP contribution < -0.4 is 10.5 Å². The normalized spacial score (nSPS) is 17.3. The summed E-state index contributed by atoms with van der Waals surface area (Å²) in [6, 6.07) is 13.9. The lowest BCUT2D eigenvalue weighted by Crippen LogP contribution is -2.47. The van der Waals surface area contributed by atoms with Crippen LogP contribution in [0.3, 0.4) is 0 Å². The maximum Gasteiger partial charge on any atom is 0.266 e. The van der Waals surface area contributed by atoms with Gasteiger partial charge in [0.1, 0.15) is 23.3 Å². The fraction of sp³-hybridized carbons (Fsp3) is 0.227. The number of H-pyrrole nitrogens is 1. The zero-order valence-electron chi connectivity index (χ0n) is 17.8. The number of halogens is 1. The standard InChI is InChI=1S/C22H20ClN5O5S/c23-14-5-6-18-16(10-14)21(20(25-18)22(24)29)34(30,31)28-7-8-32-15(11-28)12-33-19-9-13-3-1-2-4-17(13)26-27-19/h1-6,9-10,15,25H,7-8,11-12H2,(H2,24,29)/t15-/m0/s1. The van der Waals surface area contributed by atoms with E-state index in [1.807, 2.05) is 24.3 Å². The summed E-state index contributed by atoms with van der Waals surface area (Å²) in [5, 5.41) is 9.67. The van der Waals surface area contributed by atoms with E-state index in [9.17, 15) is 13.2 Å². The van der Waals surface area contributed by atoms with Crippen LogP contribution in [0.4, 0.5) is 0 Å². The number of hydrogen-bond donors (Lipinski definition) is 2. The van der Waals surface area contributed by atoms with Gasteiger partial charge in [-0.3, -0.25) is 4.79 Å². The molecule has 0 bridgehead atoms.